The van der Waals surface area contributed by atoms with E-state index < -0.39 is 5.97 Å². The van der Waals surface area contributed by atoms with E-state index in [9.17, 15) is 4.79 Å². The summed E-state index contributed by atoms with van der Waals surface area (Å²) in [6, 6.07) is 0. The maximum absolute atomic E-state index is 11.1. The standard InChI is InChI=1S/C12H21NO2S/c1-10-12(5-8-16-10,9-11(14)15)13-6-3-2-4-7-13/h10H,2-9H2,1H3,(H,14,15). The normalized spacial score (nSPS) is 36.4. The Labute approximate surface area is 102 Å². The van der Waals surface area contributed by atoms with Crippen molar-refractivity contribution in [3.8, 4) is 0 Å². The maximum Gasteiger partial charge on any atom is 0.305 e. The predicted molar refractivity (Wildman–Crippen MR) is 66.9 cm³/mol. The molecular formula is C12H21NO2S. The van der Waals surface area contributed by atoms with Crippen molar-refractivity contribution in [2.24, 2.45) is 0 Å². The highest BCUT2D eigenvalue weighted by Gasteiger charge is 2.47. The summed E-state index contributed by atoms with van der Waals surface area (Å²) >= 11 is 1.93. The van der Waals surface area contributed by atoms with Crippen LogP contribution in [-0.4, -0.2) is 45.6 Å². The Hall–Kier alpha value is -0.220. The summed E-state index contributed by atoms with van der Waals surface area (Å²) in [5.41, 5.74) is -0.0586. The Balaban J connectivity index is 2.15. The molecule has 0 bridgehead atoms. The second kappa shape index (κ2) is 4.96. The van der Waals surface area contributed by atoms with Crippen molar-refractivity contribution in [2.45, 2.75) is 49.8 Å². The molecule has 2 rings (SSSR count). The Bertz CT molecular complexity index is 266. The van der Waals surface area contributed by atoms with Gasteiger partial charge in [0.1, 0.15) is 0 Å². The van der Waals surface area contributed by atoms with Crippen molar-refractivity contribution >= 4 is 17.7 Å². The van der Waals surface area contributed by atoms with Crippen molar-refractivity contribution in [1.82, 2.24) is 4.90 Å². The summed E-state index contributed by atoms with van der Waals surface area (Å²) < 4.78 is 0. The molecule has 0 radical (unpaired) electrons. The molecule has 2 aliphatic heterocycles. The van der Waals surface area contributed by atoms with Crippen LogP contribution in [0.25, 0.3) is 0 Å². The number of thioether (sulfide) groups is 1. The molecule has 0 amide bonds. The molecule has 92 valence electrons. The fraction of sp³-hybridized carbons (Fsp3) is 0.917. The van der Waals surface area contributed by atoms with Crippen LogP contribution in [0.5, 0.6) is 0 Å². The van der Waals surface area contributed by atoms with E-state index in [1.807, 2.05) is 11.8 Å². The van der Waals surface area contributed by atoms with E-state index in [1.165, 1.54) is 19.3 Å². The average molecular weight is 243 g/mol. The number of likely N-dealkylation sites (tertiary alicyclic amines) is 1. The van der Waals surface area contributed by atoms with Gasteiger partial charge < -0.3 is 5.11 Å². The number of piperidine rings is 1. The third-order valence-electron chi connectivity index (χ3n) is 4.10. The summed E-state index contributed by atoms with van der Waals surface area (Å²) in [5, 5.41) is 9.61. The van der Waals surface area contributed by atoms with Gasteiger partial charge in [0, 0.05) is 10.8 Å². The number of carbonyl (C=O) groups is 1. The minimum atomic E-state index is -0.639. The molecule has 0 aromatic carbocycles. The van der Waals surface area contributed by atoms with Gasteiger partial charge in [0.15, 0.2) is 0 Å². The summed E-state index contributed by atoms with van der Waals surface area (Å²) in [6.45, 7) is 4.39. The molecule has 1 N–H and O–H groups in total. The molecule has 0 spiro atoms. The average Bonchev–Trinajstić information content (AvgIpc) is 2.62. The summed E-state index contributed by atoms with van der Waals surface area (Å²) in [7, 11) is 0. The fourth-order valence-corrected chi connectivity index (χ4v) is 4.62. The SMILES string of the molecule is CC1SCCC1(CC(=O)O)N1CCCCC1. The van der Waals surface area contributed by atoms with Gasteiger partial charge in [-0.05, 0) is 38.1 Å². The lowest BCUT2D eigenvalue weighted by molar-refractivity contribution is -0.140. The van der Waals surface area contributed by atoms with Crippen molar-refractivity contribution in [3.63, 3.8) is 0 Å². The lowest BCUT2D eigenvalue weighted by Crippen LogP contribution is -2.55. The number of carboxylic acids is 1. The van der Waals surface area contributed by atoms with Crippen molar-refractivity contribution in [2.75, 3.05) is 18.8 Å². The lowest BCUT2D eigenvalue weighted by atomic mass is 9.85. The Kier molecular flexibility index (Phi) is 3.80. The lowest BCUT2D eigenvalue weighted by Gasteiger charge is -2.45. The van der Waals surface area contributed by atoms with Crippen molar-refractivity contribution < 1.29 is 9.90 Å². The summed E-state index contributed by atoms with van der Waals surface area (Å²) in [6.07, 6.45) is 5.14. The van der Waals surface area contributed by atoms with Crippen molar-refractivity contribution in [1.29, 1.82) is 0 Å². The summed E-state index contributed by atoms with van der Waals surface area (Å²) in [5.74, 6) is 0.477. The van der Waals surface area contributed by atoms with Gasteiger partial charge in [-0.3, -0.25) is 9.69 Å². The number of nitrogens with zero attached hydrogens (tertiary/aromatic N) is 1. The van der Waals surface area contributed by atoms with E-state index in [1.54, 1.807) is 0 Å². The highest BCUT2D eigenvalue weighted by Crippen LogP contribution is 2.43. The molecule has 0 saturated carbocycles. The zero-order valence-corrected chi connectivity index (χ0v) is 10.8. The largest absolute Gasteiger partial charge is 0.481 e. The number of hydrogen-bond acceptors (Lipinski definition) is 3. The van der Waals surface area contributed by atoms with E-state index >= 15 is 0 Å². The molecular weight excluding hydrogens is 222 g/mol. The van der Waals surface area contributed by atoms with Crippen LogP contribution in [0.15, 0.2) is 0 Å². The number of carboxylic acid groups (broad SMARTS) is 1. The zero-order valence-electron chi connectivity index (χ0n) is 9.95. The van der Waals surface area contributed by atoms with Crippen LogP contribution in [0, 0.1) is 0 Å². The highest BCUT2D eigenvalue weighted by atomic mass is 32.2. The van der Waals surface area contributed by atoms with Crippen LogP contribution in [-0.2, 0) is 4.79 Å². The third kappa shape index (κ3) is 2.23. The Morgan fingerprint density at radius 1 is 1.44 bits per heavy atom. The molecule has 0 aromatic rings. The van der Waals surface area contributed by atoms with Gasteiger partial charge in [-0.2, -0.15) is 11.8 Å². The molecule has 2 atom stereocenters. The van der Waals surface area contributed by atoms with Gasteiger partial charge in [0.25, 0.3) is 0 Å². The zero-order chi connectivity index (χ0) is 11.6. The minimum absolute atomic E-state index is 0.0586. The monoisotopic (exact) mass is 243 g/mol. The van der Waals surface area contributed by atoms with Gasteiger partial charge in [-0.1, -0.05) is 13.3 Å². The van der Waals surface area contributed by atoms with E-state index in [-0.39, 0.29) is 5.54 Å². The first-order chi connectivity index (χ1) is 7.65. The van der Waals surface area contributed by atoms with E-state index in [0.29, 0.717) is 11.7 Å². The van der Waals surface area contributed by atoms with Gasteiger partial charge in [-0.15, -0.1) is 0 Å². The number of aliphatic carboxylic acids is 1. The molecule has 0 aliphatic carbocycles. The molecule has 3 nitrogen and oxygen atoms in total. The maximum atomic E-state index is 11.1. The molecule has 4 heteroatoms. The smallest absolute Gasteiger partial charge is 0.305 e. The Morgan fingerprint density at radius 3 is 2.62 bits per heavy atom. The topological polar surface area (TPSA) is 40.5 Å². The van der Waals surface area contributed by atoms with Crippen LogP contribution in [0.1, 0.15) is 39.0 Å². The first kappa shape index (κ1) is 12.2. The predicted octanol–water partition coefficient (Wildman–Crippen LogP) is 2.21. The van der Waals surface area contributed by atoms with Crippen LogP contribution in [0.2, 0.25) is 0 Å². The van der Waals surface area contributed by atoms with Gasteiger partial charge >= 0.3 is 5.97 Å². The molecule has 2 aliphatic rings. The van der Waals surface area contributed by atoms with E-state index in [0.717, 1.165) is 25.3 Å². The molecule has 0 aromatic heterocycles. The highest BCUT2D eigenvalue weighted by molar-refractivity contribution is 8.00. The molecule has 2 fully saturated rings. The Morgan fingerprint density at radius 2 is 2.12 bits per heavy atom. The van der Waals surface area contributed by atoms with E-state index in [2.05, 4.69) is 11.8 Å². The number of rotatable bonds is 3. The molecule has 2 saturated heterocycles. The third-order valence-corrected chi connectivity index (χ3v) is 5.48. The first-order valence-corrected chi connectivity index (χ1v) is 7.28. The van der Waals surface area contributed by atoms with Gasteiger partial charge in [0.2, 0.25) is 0 Å². The van der Waals surface area contributed by atoms with Crippen LogP contribution >= 0.6 is 11.8 Å². The number of hydrogen-bond donors (Lipinski definition) is 1. The van der Waals surface area contributed by atoms with Crippen LogP contribution < -0.4 is 0 Å². The second-order valence-corrected chi connectivity index (χ2v) is 6.43. The van der Waals surface area contributed by atoms with Gasteiger partial charge in [0.05, 0.1) is 6.42 Å². The first-order valence-electron chi connectivity index (χ1n) is 6.23. The van der Waals surface area contributed by atoms with Crippen LogP contribution in [0.4, 0.5) is 0 Å². The second-order valence-electron chi connectivity index (χ2n) is 4.98. The van der Waals surface area contributed by atoms with Crippen molar-refractivity contribution in [3.05, 3.63) is 0 Å². The summed E-state index contributed by atoms with van der Waals surface area (Å²) in [4.78, 5) is 13.6. The minimum Gasteiger partial charge on any atom is -0.481 e. The quantitative estimate of drug-likeness (QED) is 0.825. The molecule has 16 heavy (non-hydrogen) atoms. The fourth-order valence-electron chi connectivity index (χ4n) is 3.13. The molecule has 2 heterocycles. The van der Waals surface area contributed by atoms with Gasteiger partial charge in [-0.25, -0.2) is 0 Å². The van der Waals surface area contributed by atoms with E-state index in [4.69, 9.17) is 5.11 Å². The van der Waals surface area contributed by atoms with Crippen LogP contribution in [0.3, 0.4) is 0 Å². The molecule has 2 unspecified atom stereocenters.